The minimum absolute atomic E-state index is 0.125. The number of nitrogens with one attached hydrogen (secondary N) is 1. The number of urea groups is 1. The van der Waals surface area contributed by atoms with Crippen molar-refractivity contribution in [2.75, 3.05) is 72.1 Å². The second-order valence-electron chi connectivity index (χ2n) is 9.98. The highest BCUT2D eigenvalue weighted by atomic mass is 19.4. The lowest BCUT2D eigenvalue weighted by Gasteiger charge is -2.41. The molecule has 0 bridgehead atoms. The van der Waals surface area contributed by atoms with E-state index < -0.39 is 6.36 Å². The van der Waals surface area contributed by atoms with Gasteiger partial charge < -0.3 is 34.1 Å². The Morgan fingerprint density at radius 2 is 1.88 bits per heavy atom. The number of hydrogen-bond acceptors (Lipinski definition) is 8. The summed E-state index contributed by atoms with van der Waals surface area (Å²) in [6.07, 6.45) is -2.56. The molecule has 42 heavy (non-hydrogen) atoms. The van der Waals surface area contributed by atoms with Crippen LogP contribution < -0.4 is 10.1 Å². The topological polar surface area (TPSA) is 97.8 Å². The largest absolute Gasteiger partial charge is 0.573 e. The van der Waals surface area contributed by atoms with Gasteiger partial charge in [0.05, 0.1) is 38.5 Å². The maximum atomic E-state index is 13.5. The average Bonchev–Trinajstić information content (AvgIpc) is 2.99. The summed E-state index contributed by atoms with van der Waals surface area (Å²) in [4.78, 5) is 26.1. The van der Waals surface area contributed by atoms with Gasteiger partial charge >= 0.3 is 12.4 Å². The van der Waals surface area contributed by atoms with Crippen molar-refractivity contribution in [1.29, 1.82) is 0 Å². The van der Waals surface area contributed by atoms with E-state index in [1.54, 1.807) is 41.3 Å². The van der Waals surface area contributed by atoms with E-state index in [0.29, 0.717) is 76.4 Å². The number of hydrogen-bond donors (Lipinski definition) is 1. The van der Waals surface area contributed by atoms with Crippen LogP contribution in [0.4, 0.5) is 23.8 Å². The van der Waals surface area contributed by atoms with E-state index in [9.17, 15) is 18.0 Å². The highest BCUT2D eigenvalue weighted by molar-refractivity contribution is 5.86. The van der Waals surface area contributed by atoms with E-state index in [2.05, 4.69) is 21.6 Å². The van der Waals surface area contributed by atoms with Crippen molar-refractivity contribution in [2.24, 2.45) is 10.9 Å². The monoisotopic (exact) mass is 591 g/mol. The van der Waals surface area contributed by atoms with E-state index in [1.165, 1.54) is 19.2 Å². The van der Waals surface area contributed by atoms with Gasteiger partial charge in [0.1, 0.15) is 11.6 Å². The molecule has 2 unspecified atom stereocenters. The molecule has 228 valence electrons. The van der Waals surface area contributed by atoms with Gasteiger partial charge in [0.25, 0.3) is 0 Å². The predicted octanol–water partition coefficient (Wildman–Crippen LogP) is 4.61. The lowest BCUT2D eigenvalue weighted by Crippen LogP contribution is -2.53. The molecule has 2 atom stereocenters. The van der Waals surface area contributed by atoms with Crippen LogP contribution in [0.3, 0.4) is 0 Å². The Bertz CT molecular complexity index is 1230. The number of amides is 2. The number of rotatable bonds is 9. The van der Waals surface area contributed by atoms with Gasteiger partial charge in [-0.25, -0.2) is 14.8 Å². The standard InChI is InChI=1S/C29H36F3N5O5/c1-20(22-8-9-33-26(17-22)34-10-13-39-2)35-27(40-3)24-16-23(21-4-6-25(7-5-21)42-29(30,31)32)18-37(19-24)28(38)36-11-14-41-15-12-36/h4-9,17,23-24H,1,10-16,18-19H2,2-3H3,(H,33,34). The normalized spacial score (nSPS) is 19.8. The number of likely N-dealkylation sites (tertiary alicyclic amines) is 1. The first-order valence-electron chi connectivity index (χ1n) is 13.6. The summed E-state index contributed by atoms with van der Waals surface area (Å²) in [6.45, 7) is 7.90. The Balaban J connectivity index is 1.57. The number of methoxy groups -OCH3 is 2. The van der Waals surface area contributed by atoms with Crippen molar-refractivity contribution >= 4 is 23.4 Å². The zero-order valence-corrected chi connectivity index (χ0v) is 23.7. The summed E-state index contributed by atoms with van der Waals surface area (Å²) >= 11 is 0. The lowest BCUT2D eigenvalue weighted by atomic mass is 9.84. The third-order valence-electron chi connectivity index (χ3n) is 7.10. The third kappa shape index (κ3) is 8.58. The first-order chi connectivity index (χ1) is 20.2. The van der Waals surface area contributed by atoms with Crippen molar-refractivity contribution in [3.8, 4) is 5.75 Å². The van der Waals surface area contributed by atoms with E-state index in [0.717, 1.165) is 11.1 Å². The van der Waals surface area contributed by atoms with Crippen molar-refractivity contribution in [3.05, 3.63) is 60.3 Å². The van der Waals surface area contributed by atoms with Gasteiger partial charge in [0.2, 0.25) is 0 Å². The number of nitrogens with zero attached hydrogens (tertiary/aromatic N) is 4. The summed E-state index contributed by atoms with van der Waals surface area (Å²) in [7, 11) is 3.15. The first-order valence-corrected chi connectivity index (χ1v) is 13.6. The third-order valence-corrected chi connectivity index (χ3v) is 7.10. The SMILES string of the molecule is C=C(N=C(OC)C1CC(c2ccc(OC(F)(F)F)cc2)CN(C(=O)N2CCOCC2)C1)c1ccnc(NCCOC)c1. The molecule has 1 aromatic heterocycles. The molecule has 2 aliphatic rings. The molecule has 4 rings (SSSR count). The molecular weight excluding hydrogens is 555 g/mol. The number of pyridine rings is 1. The fraction of sp³-hybridized carbons (Fsp3) is 0.483. The van der Waals surface area contributed by atoms with E-state index in [-0.39, 0.29) is 23.6 Å². The van der Waals surface area contributed by atoms with E-state index in [1.807, 2.05) is 6.07 Å². The number of aliphatic imine (C=N–C) groups is 1. The molecule has 0 spiro atoms. The highest BCUT2D eigenvalue weighted by Crippen LogP contribution is 2.34. The number of ether oxygens (including phenoxy) is 4. The molecule has 0 aliphatic carbocycles. The number of carbonyl (C=O) groups excluding carboxylic acids is 1. The molecule has 3 heterocycles. The van der Waals surface area contributed by atoms with Crippen LogP contribution in [-0.2, 0) is 14.2 Å². The minimum Gasteiger partial charge on any atom is -0.484 e. The Kier molecular flexibility index (Phi) is 10.6. The zero-order chi connectivity index (χ0) is 30.1. The molecule has 2 saturated heterocycles. The summed E-state index contributed by atoms with van der Waals surface area (Å²) in [6, 6.07) is 9.28. The second-order valence-corrected chi connectivity index (χ2v) is 9.98. The van der Waals surface area contributed by atoms with Gasteiger partial charge in [0, 0.05) is 57.5 Å². The van der Waals surface area contributed by atoms with Crippen molar-refractivity contribution in [3.63, 3.8) is 0 Å². The zero-order valence-electron chi connectivity index (χ0n) is 23.7. The Hall–Kier alpha value is -3.84. The van der Waals surface area contributed by atoms with Crippen LogP contribution >= 0.6 is 0 Å². The first kappa shape index (κ1) is 31.1. The number of benzene rings is 1. The number of alkyl halides is 3. The van der Waals surface area contributed by atoms with Crippen LogP contribution in [0.1, 0.15) is 23.5 Å². The van der Waals surface area contributed by atoms with Gasteiger partial charge in [0.15, 0.2) is 5.90 Å². The smallest absolute Gasteiger partial charge is 0.484 e. The van der Waals surface area contributed by atoms with Gasteiger partial charge in [-0.15, -0.1) is 13.2 Å². The number of morpholine rings is 1. The van der Waals surface area contributed by atoms with Crippen LogP contribution in [0, 0.1) is 5.92 Å². The fourth-order valence-electron chi connectivity index (χ4n) is 5.06. The van der Waals surface area contributed by atoms with Gasteiger partial charge in [-0.3, -0.25) is 0 Å². The van der Waals surface area contributed by atoms with Crippen molar-refractivity contribution in [2.45, 2.75) is 18.7 Å². The second kappa shape index (κ2) is 14.4. The molecule has 0 radical (unpaired) electrons. The van der Waals surface area contributed by atoms with Crippen molar-refractivity contribution < 1.29 is 36.9 Å². The predicted molar refractivity (Wildman–Crippen MR) is 151 cm³/mol. The quantitative estimate of drug-likeness (QED) is 0.258. The molecule has 1 N–H and O–H groups in total. The number of halogens is 3. The molecule has 2 aromatic rings. The van der Waals surface area contributed by atoms with Crippen LogP contribution in [0.25, 0.3) is 5.70 Å². The fourth-order valence-corrected chi connectivity index (χ4v) is 5.06. The Labute approximate surface area is 243 Å². The van der Waals surface area contributed by atoms with Crippen LogP contribution in [0.2, 0.25) is 0 Å². The van der Waals surface area contributed by atoms with Crippen molar-refractivity contribution in [1.82, 2.24) is 14.8 Å². The molecule has 2 aliphatic heterocycles. The molecule has 0 saturated carbocycles. The van der Waals surface area contributed by atoms with Gasteiger partial charge in [-0.2, -0.15) is 0 Å². The van der Waals surface area contributed by atoms with E-state index in [4.69, 9.17) is 19.2 Å². The summed E-state index contributed by atoms with van der Waals surface area (Å²) < 4.78 is 58.3. The average molecular weight is 592 g/mol. The van der Waals surface area contributed by atoms with Crippen LogP contribution in [-0.4, -0.2) is 99.8 Å². The summed E-state index contributed by atoms with van der Waals surface area (Å²) in [5.41, 5.74) is 1.99. The van der Waals surface area contributed by atoms with E-state index >= 15 is 0 Å². The number of carbonyl (C=O) groups is 1. The molecule has 2 amide bonds. The molecule has 1 aromatic carbocycles. The molecule has 2 fully saturated rings. The number of anilines is 1. The van der Waals surface area contributed by atoms with Crippen LogP contribution in [0.15, 0.2) is 54.2 Å². The minimum atomic E-state index is -4.78. The Morgan fingerprint density at radius 3 is 2.55 bits per heavy atom. The molecule has 13 heteroatoms. The summed E-state index contributed by atoms with van der Waals surface area (Å²) in [5, 5.41) is 3.18. The van der Waals surface area contributed by atoms with Crippen LogP contribution in [0.5, 0.6) is 5.75 Å². The summed E-state index contributed by atoms with van der Waals surface area (Å²) in [5.74, 6) is 0.288. The Morgan fingerprint density at radius 1 is 1.14 bits per heavy atom. The highest BCUT2D eigenvalue weighted by Gasteiger charge is 2.36. The molecular formula is C29H36F3N5O5. The number of aromatic nitrogens is 1. The maximum absolute atomic E-state index is 13.5. The molecule has 10 nitrogen and oxygen atoms in total. The maximum Gasteiger partial charge on any atom is 0.573 e. The lowest BCUT2D eigenvalue weighted by molar-refractivity contribution is -0.274. The van der Waals surface area contributed by atoms with Gasteiger partial charge in [-0.1, -0.05) is 18.7 Å². The van der Waals surface area contributed by atoms with Gasteiger partial charge in [-0.05, 0) is 36.2 Å². The number of piperidine rings is 1.